The Hall–Kier alpha value is -4.27. The third kappa shape index (κ3) is 5.99. The number of nitrogens with zero attached hydrogens (tertiary/aromatic N) is 5. The standard InChI is InChI=1S/C27H24F3N7O/c1-36-8-10-37(11-9-36)17-20-4-5-22(14-23(20)27(28,29)30)34-26(38)24-13-18(6-7-31-24)2-3-19-12-21-16-33-35-25(21)32-15-19/h4-7,12-16H,8-11,17H2,1H3,(H,34,38)(H,32,33,35). The van der Waals surface area contributed by atoms with Crippen molar-refractivity contribution in [1.82, 2.24) is 30.0 Å². The Balaban J connectivity index is 1.31. The van der Waals surface area contributed by atoms with E-state index in [0.717, 1.165) is 24.5 Å². The van der Waals surface area contributed by atoms with E-state index in [1.54, 1.807) is 18.5 Å². The van der Waals surface area contributed by atoms with Crippen molar-refractivity contribution in [1.29, 1.82) is 0 Å². The number of likely N-dealkylation sites (N-methyl/N-ethyl adjacent to an activating group) is 1. The highest BCUT2D eigenvalue weighted by Crippen LogP contribution is 2.34. The molecule has 0 unspecified atom stereocenters. The molecular formula is C27H24F3N7O. The number of benzene rings is 1. The lowest BCUT2D eigenvalue weighted by molar-refractivity contribution is -0.138. The van der Waals surface area contributed by atoms with Gasteiger partial charge < -0.3 is 10.2 Å². The molecule has 1 amide bonds. The van der Waals surface area contributed by atoms with Crippen LogP contribution in [0.25, 0.3) is 11.0 Å². The minimum Gasteiger partial charge on any atom is -0.321 e. The smallest absolute Gasteiger partial charge is 0.321 e. The van der Waals surface area contributed by atoms with Crippen molar-refractivity contribution in [2.24, 2.45) is 0 Å². The summed E-state index contributed by atoms with van der Waals surface area (Å²) in [6.45, 7) is 3.21. The SMILES string of the molecule is CN1CCN(Cc2ccc(NC(=O)c3cc(C#Cc4cnc5[nH]ncc5c4)ccn3)cc2C(F)(F)F)CC1. The van der Waals surface area contributed by atoms with Gasteiger partial charge in [-0.3, -0.25) is 19.8 Å². The molecule has 11 heteroatoms. The van der Waals surface area contributed by atoms with Crippen molar-refractivity contribution < 1.29 is 18.0 Å². The van der Waals surface area contributed by atoms with Crippen LogP contribution in [0, 0.1) is 11.8 Å². The summed E-state index contributed by atoms with van der Waals surface area (Å²) in [5, 5.41) is 10.0. The molecule has 4 aromatic rings. The van der Waals surface area contributed by atoms with Crippen LogP contribution in [0.5, 0.6) is 0 Å². The molecule has 0 atom stereocenters. The van der Waals surface area contributed by atoms with Gasteiger partial charge in [-0.1, -0.05) is 17.9 Å². The number of rotatable bonds is 4. The van der Waals surface area contributed by atoms with Crippen LogP contribution in [0.3, 0.4) is 0 Å². The van der Waals surface area contributed by atoms with Crippen LogP contribution < -0.4 is 5.32 Å². The van der Waals surface area contributed by atoms with Crippen LogP contribution in [-0.2, 0) is 12.7 Å². The predicted molar refractivity (Wildman–Crippen MR) is 136 cm³/mol. The number of amides is 1. The number of alkyl halides is 3. The Morgan fingerprint density at radius 2 is 1.82 bits per heavy atom. The van der Waals surface area contributed by atoms with Crippen molar-refractivity contribution in [2.75, 3.05) is 38.5 Å². The summed E-state index contributed by atoms with van der Waals surface area (Å²) in [7, 11) is 1.99. The van der Waals surface area contributed by atoms with Gasteiger partial charge in [-0.15, -0.1) is 0 Å². The number of piperazine rings is 1. The molecule has 1 fully saturated rings. The maximum atomic E-state index is 13.9. The monoisotopic (exact) mass is 519 g/mol. The van der Waals surface area contributed by atoms with E-state index in [2.05, 4.69) is 42.2 Å². The van der Waals surface area contributed by atoms with Crippen molar-refractivity contribution in [3.63, 3.8) is 0 Å². The molecule has 0 aliphatic carbocycles. The van der Waals surface area contributed by atoms with Crippen LogP contribution >= 0.6 is 0 Å². The van der Waals surface area contributed by atoms with Gasteiger partial charge in [0.2, 0.25) is 0 Å². The van der Waals surface area contributed by atoms with Gasteiger partial charge in [-0.25, -0.2) is 4.98 Å². The Morgan fingerprint density at radius 3 is 2.61 bits per heavy atom. The highest BCUT2D eigenvalue weighted by Gasteiger charge is 2.34. The maximum Gasteiger partial charge on any atom is 0.416 e. The van der Waals surface area contributed by atoms with Crippen LogP contribution in [0.2, 0.25) is 0 Å². The molecule has 1 aromatic carbocycles. The molecule has 1 saturated heterocycles. The Kier molecular flexibility index (Phi) is 7.09. The quantitative estimate of drug-likeness (QED) is 0.399. The average Bonchev–Trinajstić information content (AvgIpc) is 3.37. The number of anilines is 1. The summed E-state index contributed by atoms with van der Waals surface area (Å²) in [4.78, 5) is 25.3. The first-order valence-corrected chi connectivity index (χ1v) is 11.9. The molecule has 1 aliphatic heterocycles. The summed E-state index contributed by atoms with van der Waals surface area (Å²) in [5.74, 6) is 5.31. The van der Waals surface area contributed by atoms with Gasteiger partial charge in [0.15, 0.2) is 5.65 Å². The molecular weight excluding hydrogens is 495 g/mol. The van der Waals surface area contributed by atoms with Crippen molar-refractivity contribution in [2.45, 2.75) is 12.7 Å². The highest BCUT2D eigenvalue weighted by atomic mass is 19.4. The summed E-state index contributed by atoms with van der Waals surface area (Å²) >= 11 is 0. The molecule has 3 aromatic heterocycles. The number of aromatic nitrogens is 4. The minimum absolute atomic E-state index is 0.0373. The molecule has 5 rings (SSSR count). The number of carbonyl (C=O) groups is 1. The predicted octanol–water partition coefficient (Wildman–Crippen LogP) is 3.77. The first-order chi connectivity index (χ1) is 18.2. The van der Waals surface area contributed by atoms with E-state index in [4.69, 9.17) is 0 Å². The lowest BCUT2D eigenvalue weighted by Gasteiger charge is -2.33. The zero-order chi connectivity index (χ0) is 26.7. The van der Waals surface area contributed by atoms with Crippen molar-refractivity contribution in [3.8, 4) is 11.8 Å². The first-order valence-electron chi connectivity index (χ1n) is 11.9. The molecule has 194 valence electrons. The van der Waals surface area contributed by atoms with E-state index in [0.29, 0.717) is 29.9 Å². The fraction of sp³-hybridized carbons (Fsp3) is 0.259. The summed E-state index contributed by atoms with van der Waals surface area (Å²) in [6.07, 6.45) is 0.126. The lowest BCUT2D eigenvalue weighted by atomic mass is 10.0. The lowest BCUT2D eigenvalue weighted by Crippen LogP contribution is -2.44. The normalized spacial score (nSPS) is 14.7. The second-order valence-corrected chi connectivity index (χ2v) is 9.11. The number of halogens is 3. The number of H-pyrrole nitrogens is 1. The van der Waals surface area contributed by atoms with Crippen molar-refractivity contribution >= 4 is 22.6 Å². The fourth-order valence-corrected chi connectivity index (χ4v) is 4.18. The molecule has 0 bridgehead atoms. The van der Waals surface area contributed by atoms with E-state index >= 15 is 0 Å². The number of hydrogen-bond donors (Lipinski definition) is 2. The number of hydrogen-bond acceptors (Lipinski definition) is 6. The number of aromatic amines is 1. The van der Waals surface area contributed by atoms with E-state index in [1.165, 1.54) is 24.4 Å². The fourth-order valence-electron chi connectivity index (χ4n) is 4.18. The molecule has 0 spiro atoms. The molecule has 0 radical (unpaired) electrons. The van der Waals surface area contributed by atoms with Crippen LogP contribution in [0.1, 0.15) is 32.7 Å². The summed E-state index contributed by atoms with van der Waals surface area (Å²) < 4.78 is 41.6. The Labute approximate surface area is 216 Å². The molecule has 38 heavy (non-hydrogen) atoms. The van der Waals surface area contributed by atoms with Crippen LogP contribution in [0.4, 0.5) is 18.9 Å². The maximum absolute atomic E-state index is 13.9. The molecule has 2 N–H and O–H groups in total. The highest BCUT2D eigenvalue weighted by molar-refractivity contribution is 6.03. The molecule has 1 aliphatic rings. The van der Waals surface area contributed by atoms with Gasteiger partial charge in [-0.05, 0) is 42.9 Å². The largest absolute Gasteiger partial charge is 0.416 e. The van der Waals surface area contributed by atoms with Crippen molar-refractivity contribution in [3.05, 3.63) is 82.9 Å². The summed E-state index contributed by atoms with van der Waals surface area (Å²) in [6, 6.07) is 8.85. The number of carbonyl (C=O) groups excluding carboxylic acids is 1. The van der Waals surface area contributed by atoms with Gasteiger partial charge in [0.25, 0.3) is 5.91 Å². The second kappa shape index (κ2) is 10.6. The third-order valence-electron chi connectivity index (χ3n) is 6.30. The van der Waals surface area contributed by atoms with E-state index < -0.39 is 17.6 Å². The molecule has 8 nitrogen and oxygen atoms in total. The van der Waals surface area contributed by atoms with E-state index in [9.17, 15) is 18.0 Å². The topological polar surface area (TPSA) is 90.0 Å². The zero-order valence-electron chi connectivity index (χ0n) is 20.5. The Bertz CT molecular complexity index is 1530. The van der Waals surface area contributed by atoms with Gasteiger partial charge in [0.1, 0.15) is 5.69 Å². The molecule has 4 heterocycles. The number of fused-ring (bicyclic) bond motifs is 1. The van der Waals surface area contributed by atoms with Crippen LogP contribution in [-0.4, -0.2) is 69.1 Å². The number of nitrogens with one attached hydrogen (secondary N) is 2. The van der Waals surface area contributed by atoms with Gasteiger partial charge >= 0.3 is 6.18 Å². The van der Waals surface area contributed by atoms with Gasteiger partial charge in [0, 0.05) is 67.3 Å². The number of pyridine rings is 2. The zero-order valence-corrected chi connectivity index (χ0v) is 20.5. The second-order valence-electron chi connectivity index (χ2n) is 9.11. The van der Waals surface area contributed by atoms with Gasteiger partial charge in [-0.2, -0.15) is 18.3 Å². The first kappa shape index (κ1) is 25.4. The minimum atomic E-state index is -4.55. The van der Waals surface area contributed by atoms with E-state index in [1.807, 2.05) is 18.0 Å². The third-order valence-corrected chi connectivity index (χ3v) is 6.30. The Morgan fingerprint density at radius 1 is 1.03 bits per heavy atom. The van der Waals surface area contributed by atoms with Gasteiger partial charge in [0.05, 0.1) is 11.8 Å². The summed E-state index contributed by atoms with van der Waals surface area (Å²) in [5.41, 5.74) is 1.34. The average molecular weight is 520 g/mol. The van der Waals surface area contributed by atoms with E-state index in [-0.39, 0.29) is 23.5 Å². The molecule has 0 saturated carbocycles. The van der Waals surface area contributed by atoms with Crippen LogP contribution in [0.15, 0.2) is 55.0 Å².